The van der Waals surface area contributed by atoms with Gasteiger partial charge in [0.15, 0.2) is 0 Å². The Morgan fingerprint density at radius 2 is 1.58 bits per heavy atom. The summed E-state index contributed by atoms with van der Waals surface area (Å²) in [6.07, 6.45) is 0. The maximum absolute atomic E-state index is 12.2. The van der Waals surface area contributed by atoms with Crippen molar-refractivity contribution < 1.29 is 4.79 Å². The van der Waals surface area contributed by atoms with Crippen molar-refractivity contribution in [3.8, 4) is 0 Å². The normalized spacial score (nSPS) is 15.6. The smallest absolute Gasteiger partial charge is 0.308 e. The summed E-state index contributed by atoms with van der Waals surface area (Å²) in [6.45, 7) is 10.8. The molecule has 0 bridgehead atoms. The van der Waals surface area contributed by atoms with E-state index >= 15 is 0 Å². The lowest BCUT2D eigenvalue weighted by atomic mass is 10.1. The Bertz CT molecular complexity index is 721. The van der Waals surface area contributed by atoms with Crippen molar-refractivity contribution in [2.75, 3.05) is 43.4 Å². The van der Waals surface area contributed by atoms with Crippen LogP contribution in [0.4, 0.5) is 16.2 Å². The summed E-state index contributed by atoms with van der Waals surface area (Å²) in [4.78, 5) is 17.1. The lowest BCUT2D eigenvalue weighted by molar-refractivity contribution is 0.132. The minimum absolute atomic E-state index is 0.220. The molecule has 0 atom stereocenters. The summed E-state index contributed by atoms with van der Waals surface area (Å²) in [6, 6.07) is 15.6. The number of urea groups is 1. The Balaban J connectivity index is 1.50. The Kier molecular flexibility index (Phi) is 6.26. The van der Waals surface area contributed by atoms with Crippen LogP contribution in [-0.4, -0.2) is 48.6 Å². The summed E-state index contributed by atoms with van der Waals surface area (Å²) >= 11 is 0. The molecule has 0 saturated carbocycles. The van der Waals surface area contributed by atoms with Crippen molar-refractivity contribution in [1.29, 1.82) is 0 Å². The van der Waals surface area contributed by atoms with E-state index in [1.54, 1.807) is 0 Å². The fourth-order valence-corrected chi connectivity index (χ4v) is 3.21. The van der Waals surface area contributed by atoms with Gasteiger partial charge >= 0.3 is 6.03 Å². The van der Waals surface area contributed by atoms with Gasteiger partial charge in [0.1, 0.15) is 0 Å². The molecule has 138 valence electrons. The van der Waals surface area contributed by atoms with Gasteiger partial charge in [0.05, 0.1) is 0 Å². The van der Waals surface area contributed by atoms with Crippen LogP contribution in [0.1, 0.15) is 18.1 Å². The molecule has 2 aromatic carbocycles. The molecule has 0 radical (unpaired) electrons. The summed E-state index contributed by atoms with van der Waals surface area (Å²) in [5.41, 5.74) is 3.95. The number of nitrogens with zero attached hydrogens (tertiary/aromatic N) is 2. The number of anilines is 2. The highest BCUT2D eigenvalue weighted by Gasteiger charge is 2.15. The van der Waals surface area contributed by atoms with Gasteiger partial charge in [-0.2, -0.15) is 0 Å². The van der Waals surface area contributed by atoms with Gasteiger partial charge in [0.25, 0.3) is 0 Å². The van der Waals surface area contributed by atoms with Gasteiger partial charge in [-0.15, -0.1) is 0 Å². The zero-order valence-electron chi connectivity index (χ0n) is 15.7. The third-order valence-electron chi connectivity index (χ3n) is 4.92. The number of hydrogen-bond acceptors (Lipinski definition) is 3. The molecule has 1 saturated heterocycles. The van der Waals surface area contributed by atoms with Crippen molar-refractivity contribution in [2.24, 2.45) is 0 Å². The first-order chi connectivity index (χ1) is 12.6. The van der Waals surface area contributed by atoms with Gasteiger partial charge in [-0.3, -0.25) is 4.90 Å². The highest BCUT2D eigenvalue weighted by Crippen LogP contribution is 2.16. The second-order valence-corrected chi connectivity index (χ2v) is 6.80. The Hall–Kier alpha value is -2.37. The van der Waals surface area contributed by atoms with E-state index in [4.69, 9.17) is 0 Å². The molecular formula is C21H28N4O. The summed E-state index contributed by atoms with van der Waals surface area (Å²) in [5.74, 6) is 0. The van der Waals surface area contributed by atoms with Crippen molar-refractivity contribution >= 4 is 17.4 Å². The summed E-state index contributed by atoms with van der Waals surface area (Å²) in [5, 5.41) is 5.78. The van der Waals surface area contributed by atoms with E-state index < -0.39 is 0 Å². The molecule has 1 aliphatic rings. The molecule has 5 heteroatoms. The average Bonchev–Trinajstić information content (AvgIpc) is 2.66. The zero-order chi connectivity index (χ0) is 18.4. The van der Waals surface area contributed by atoms with Crippen LogP contribution in [-0.2, 0) is 6.54 Å². The molecule has 0 aromatic heterocycles. The van der Waals surface area contributed by atoms with Gasteiger partial charge in [0.2, 0.25) is 0 Å². The molecule has 0 unspecified atom stereocenters. The molecule has 5 nitrogen and oxygen atoms in total. The molecule has 2 N–H and O–H groups in total. The molecular weight excluding hydrogens is 324 g/mol. The standard InChI is InChI=1S/C21H28N4O/c1-3-24-12-14-25(15-13-24)16-18-8-10-19(11-9-18)22-21(26)23-20-7-5-4-6-17(20)2/h4-11H,3,12-16H2,1-2H3,(H2,22,23,26). The van der Waals surface area contributed by atoms with E-state index in [1.165, 1.54) is 5.56 Å². The number of hydrogen-bond donors (Lipinski definition) is 2. The number of amides is 2. The lowest BCUT2D eigenvalue weighted by Crippen LogP contribution is -2.45. The zero-order valence-corrected chi connectivity index (χ0v) is 15.7. The van der Waals surface area contributed by atoms with Gasteiger partial charge in [-0.05, 0) is 42.8 Å². The molecule has 26 heavy (non-hydrogen) atoms. The van der Waals surface area contributed by atoms with Crippen molar-refractivity contribution in [3.05, 3.63) is 59.7 Å². The molecule has 1 heterocycles. The number of piperazine rings is 1. The van der Waals surface area contributed by atoms with Crippen LogP contribution < -0.4 is 10.6 Å². The van der Waals surface area contributed by atoms with Crippen molar-refractivity contribution in [1.82, 2.24) is 9.80 Å². The predicted octanol–water partition coefficient (Wildman–Crippen LogP) is 3.78. The molecule has 2 aromatic rings. The number of benzene rings is 2. The minimum atomic E-state index is -0.220. The second-order valence-electron chi connectivity index (χ2n) is 6.80. The van der Waals surface area contributed by atoms with E-state index in [2.05, 4.69) is 39.5 Å². The van der Waals surface area contributed by atoms with Crippen molar-refractivity contribution in [2.45, 2.75) is 20.4 Å². The van der Waals surface area contributed by atoms with Crippen LogP contribution in [0.5, 0.6) is 0 Å². The Morgan fingerprint density at radius 3 is 2.23 bits per heavy atom. The van der Waals surface area contributed by atoms with Crippen LogP contribution in [0.3, 0.4) is 0 Å². The van der Waals surface area contributed by atoms with E-state index in [0.717, 1.165) is 56.2 Å². The average molecular weight is 352 g/mol. The minimum Gasteiger partial charge on any atom is -0.308 e. The molecule has 2 amide bonds. The topological polar surface area (TPSA) is 47.6 Å². The Labute approximate surface area is 156 Å². The lowest BCUT2D eigenvalue weighted by Gasteiger charge is -2.34. The number of carbonyl (C=O) groups excluding carboxylic acids is 1. The first kappa shape index (κ1) is 18.4. The Morgan fingerprint density at radius 1 is 0.923 bits per heavy atom. The highest BCUT2D eigenvalue weighted by atomic mass is 16.2. The summed E-state index contributed by atoms with van der Waals surface area (Å²) in [7, 11) is 0. The number of nitrogens with one attached hydrogen (secondary N) is 2. The number of carbonyl (C=O) groups is 1. The largest absolute Gasteiger partial charge is 0.323 e. The number of para-hydroxylation sites is 1. The summed E-state index contributed by atoms with van der Waals surface area (Å²) < 4.78 is 0. The van der Waals surface area contributed by atoms with E-state index in [9.17, 15) is 4.79 Å². The molecule has 0 aliphatic carbocycles. The van der Waals surface area contributed by atoms with Crippen LogP contribution in [0, 0.1) is 6.92 Å². The van der Waals surface area contributed by atoms with Crippen molar-refractivity contribution in [3.63, 3.8) is 0 Å². The van der Waals surface area contributed by atoms with E-state index in [-0.39, 0.29) is 6.03 Å². The van der Waals surface area contributed by atoms with Crippen LogP contribution >= 0.6 is 0 Å². The number of rotatable bonds is 5. The van der Waals surface area contributed by atoms with Gasteiger partial charge < -0.3 is 15.5 Å². The van der Waals surface area contributed by atoms with Crippen LogP contribution in [0.25, 0.3) is 0 Å². The first-order valence-electron chi connectivity index (χ1n) is 9.31. The quantitative estimate of drug-likeness (QED) is 0.861. The molecule has 0 spiro atoms. The fraction of sp³-hybridized carbons (Fsp3) is 0.381. The highest BCUT2D eigenvalue weighted by molar-refractivity contribution is 6.00. The number of likely N-dealkylation sites (N-methyl/N-ethyl adjacent to an activating group) is 1. The first-order valence-corrected chi connectivity index (χ1v) is 9.31. The number of aryl methyl sites for hydroxylation is 1. The van der Waals surface area contributed by atoms with Gasteiger partial charge in [-0.1, -0.05) is 37.3 Å². The molecule has 3 rings (SSSR count). The SMILES string of the molecule is CCN1CCN(Cc2ccc(NC(=O)Nc3ccccc3C)cc2)CC1. The van der Waals surface area contributed by atoms with Crippen LogP contribution in [0.2, 0.25) is 0 Å². The van der Waals surface area contributed by atoms with E-state index in [1.807, 2.05) is 43.3 Å². The maximum Gasteiger partial charge on any atom is 0.323 e. The second kappa shape index (κ2) is 8.83. The monoisotopic (exact) mass is 352 g/mol. The van der Waals surface area contributed by atoms with E-state index in [0.29, 0.717) is 0 Å². The molecule has 1 fully saturated rings. The fourth-order valence-electron chi connectivity index (χ4n) is 3.21. The van der Waals surface area contributed by atoms with Gasteiger partial charge in [0, 0.05) is 44.1 Å². The van der Waals surface area contributed by atoms with Crippen LogP contribution in [0.15, 0.2) is 48.5 Å². The van der Waals surface area contributed by atoms with Gasteiger partial charge in [-0.25, -0.2) is 4.79 Å². The predicted molar refractivity (Wildman–Crippen MR) is 108 cm³/mol. The third-order valence-corrected chi connectivity index (χ3v) is 4.92. The maximum atomic E-state index is 12.2. The third kappa shape index (κ3) is 5.07. The molecule has 1 aliphatic heterocycles.